The first-order valence-corrected chi connectivity index (χ1v) is 10.5. The lowest BCUT2D eigenvalue weighted by Crippen LogP contribution is -2.49. The molecule has 1 N–H and O–H groups in total. The number of carbonyl (C=O) groups excluding carboxylic acids is 2. The molecule has 2 aromatic rings. The molecular formula is C20H21Cl2IN2O3. The number of likely N-dealkylation sites (N-methyl/N-ethyl adjacent to an activating group) is 1. The Morgan fingerprint density at radius 1 is 1.18 bits per heavy atom. The summed E-state index contributed by atoms with van der Waals surface area (Å²) < 4.78 is 6.67. The van der Waals surface area contributed by atoms with Crippen molar-refractivity contribution >= 4 is 57.6 Å². The lowest BCUT2D eigenvalue weighted by atomic mass is 10.1. The highest BCUT2D eigenvalue weighted by Crippen LogP contribution is 2.23. The number of ether oxygens (including phenoxy) is 1. The van der Waals surface area contributed by atoms with E-state index in [4.69, 9.17) is 27.9 Å². The van der Waals surface area contributed by atoms with Crippen molar-refractivity contribution in [1.29, 1.82) is 0 Å². The van der Waals surface area contributed by atoms with Gasteiger partial charge in [0.05, 0.1) is 0 Å². The molecule has 0 aromatic heterocycles. The zero-order chi connectivity index (χ0) is 20.7. The highest BCUT2D eigenvalue weighted by Gasteiger charge is 2.26. The smallest absolute Gasteiger partial charge is 0.261 e. The zero-order valence-electron chi connectivity index (χ0n) is 15.5. The second-order valence-corrected chi connectivity index (χ2v) is 8.16. The van der Waals surface area contributed by atoms with Gasteiger partial charge in [0.15, 0.2) is 6.61 Å². The van der Waals surface area contributed by atoms with Gasteiger partial charge in [-0.2, -0.15) is 0 Å². The Balaban J connectivity index is 2.17. The number of hydrogen-bond acceptors (Lipinski definition) is 3. The van der Waals surface area contributed by atoms with Crippen LogP contribution >= 0.6 is 45.8 Å². The van der Waals surface area contributed by atoms with Gasteiger partial charge in [-0.3, -0.25) is 9.59 Å². The Kier molecular flexibility index (Phi) is 8.85. The van der Waals surface area contributed by atoms with Crippen LogP contribution in [0.15, 0.2) is 42.5 Å². The molecule has 1 atom stereocenters. The standard InChI is InChI=1S/C20H21Cl2IN2O3/c1-3-24-20(27)13(2)25(11-14-4-5-15(21)10-18(14)22)19(26)12-28-17-8-6-16(23)7-9-17/h4-10,13H,3,11-12H2,1-2H3,(H,24,27)/t13-/m0/s1. The van der Waals surface area contributed by atoms with Crippen LogP contribution in [-0.2, 0) is 16.1 Å². The summed E-state index contributed by atoms with van der Waals surface area (Å²) in [5, 5.41) is 3.68. The Morgan fingerprint density at radius 2 is 1.86 bits per heavy atom. The summed E-state index contributed by atoms with van der Waals surface area (Å²) >= 11 is 14.4. The van der Waals surface area contributed by atoms with E-state index in [0.717, 1.165) is 3.57 Å². The molecule has 0 saturated heterocycles. The SMILES string of the molecule is CCNC(=O)[C@H](C)N(Cc1ccc(Cl)cc1Cl)C(=O)COc1ccc(I)cc1. The lowest BCUT2D eigenvalue weighted by Gasteiger charge is -2.29. The summed E-state index contributed by atoms with van der Waals surface area (Å²) in [6.45, 7) is 3.97. The van der Waals surface area contributed by atoms with E-state index in [1.165, 1.54) is 4.90 Å². The second-order valence-electron chi connectivity index (χ2n) is 6.07. The zero-order valence-corrected chi connectivity index (χ0v) is 19.2. The van der Waals surface area contributed by atoms with Crippen molar-refractivity contribution in [3.8, 4) is 5.75 Å². The molecule has 2 amide bonds. The third-order valence-corrected chi connectivity index (χ3v) is 5.36. The third-order valence-electron chi connectivity index (χ3n) is 4.05. The van der Waals surface area contributed by atoms with E-state index >= 15 is 0 Å². The van der Waals surface area contributed by atoms with Crippen molar-refractivity contribution < 1.29 is 14.3 Å². The molecule has 0 heterocycles. The summed E-state index contributed by atoms with van der Waals surface area (Å²) in [6.07, 6.45) is 0. The molecule has 0 saturated carbocycles. The summed E-state index contributed by atoms with van der Waals surface area (Å²) in [5.74, 6) is 0.0300. The molecular weight excluding hydrogens is 514 g/mol. The van der Waals surface area contributed by atoms with E-state index in [1.807, 2.05) is 19.1 Å². The minimum Gasteiger partial charge on any atom is -0.484 e. The first kappa shape index (κ1) is 22.8. The molecule has 0 fully saturated rings. The fourth-order valence-electron chi connectivity index (χ4n) is 2.50. The van der Waals surface area contributed by atoms with E-state index in [-0.39, 0.29) is 25.0 Å². The second kappa shape index (κ2) is 10.9. The van der Waals surface area contributed by atoms with Gasteiger partial charge >= 0.3 is 0 Å². The molecule has 2 rings (SSSR count). The third kappa shape index (κ3) is 6.53. The monoisotopic (exact) mass is 534 g/mol. The molecule has 0 aliphatic heterocycles. The maximum Gasteiger partial charge on any atom is 0.261 e. The first-order valence-electron chi connectivity index (χ1n) is 8.71. The highest BCUT2D eigenvalue weighted by molar-refractivity contribution is 14.1. The molecule has 5 nitrogen and oxygen atoms in total. The Morgan fingerprint density at radius 3 is 2.46 bits per heavy atom. The molecule has 8 heteroatoms. The number of benzene rings is 2. The molecule has 0 bridgehead atoms. The molecule has 2 aromatic carbocycles. The van der Waals surface area contributed by atoms with Crippen LogP contribution in [0.3, 0.4) is 0 Å². The Bertz CT molecular complexity index is 831. The van der Waals surface area contributed by atoms with E-state index in [0.29, 0.717) is 27.9 Å². The van der Waals surface area contributed by atoms with Gasteiger partial charge in [0.25, 0.3) is 5.91 Å². The van der Waals surface area contributed by atoms with Crippen LogP contribution in [0.4, 0.5) is 0 Å². The first-order chi connectivity index (χ1) is 13.3. The maximum absolute atomic E-state index is 12.9. The number of nitrogens with zero attached hydrogens (tertiary/aromatic N) is 1. The molecule has 150 valence electrons. The van der Waals surface area contributed by atoms with E-state index < -0.39 is 6.04 Å². The lowest BCUT2D eigenvalue weighted by molar-refractivity contribution is -0.142. The average Bonchev–Trinajstić information content (AvgIpc) is 2.66. The minimum absolute atomic E-state index is 0.170. The molecule has 0 radical (unpaired) electrons. The summed E-state index contributed by atoms with van der Waals surface area (Å²) in [4.78, 5) is 26.6. The van der Waals surface area contributed by atoms with Crippen LogP contribution < -0.4 is 10.1 Å². The van der Waals surface area contributed by atoms with Gasteiger partial charge < -0.3 is 15.0 Å². The molecule has 0 unspecified atom stereocenters. The van der Waals surface area contributed by atoms with Gasteiger partial charge in [0, 0.05) is 26.7 Å². The van der Waals surface area contributed by atoms with Crippen molar-refractivity contribution in [3.05, 3.63) is 61.6 Å². The Hall–Kier alpha value is -1.51. The number of halogens is 3. The predicted molar refractivity (Wildman–Crippen MR) is 120 cm³/mol. The molecule has 0 aliphatic rings. The minimum atomic E-state index is -0.681. The van der Waals surface area contributed by atoms with Gasteiger partial charge in [0.2, 0.25) is 5.91 Å². The normalized spacial score (nSPS) is 11.6. The van der Waals surface area contributed by atoms with Crippen LogP contribution in [0.5, 0.6) is 5.75 Å². The van der Waals surface area contributed by atoms with Crippen LogP contribution in [0.25, 0.3) is 0 Å². The highest BCUT2D eigenvalue weighted by atomic mass is 127. The summed E-state index contributed by atoms with van der Waals surface area (Å²) in [6, 6.07) is 11.7. The number of nitrogens with one attached hydrogen (secondary N) is 1. The topological polar surface area (TPSA) is 58.6 Å². The van der Waals surface area contributed by atoms with Gasteiger partial charge in [-0.15, -0.1) is 0 Å². The number of hydrogen-bond donors (Lipinski definition) is 1. The van der Waals surface area contributed by atoms with Crippen LogP contribution in [0.2, 0.25) is 10.0 Å². The van der Waals surface area contributed by atoms with Crippen molar-refractivity contribution in [2.45, 2.75) is 26.4 Å². The summed E-state index contributed by atoms with van der Waals surface area (Å²) in [5.41, 5.74) is 0.699. The van der Waals surface area contributed by atoms with E-state index in [2.05, 4.69) is 27.9 Å². The molecule has 0 aliphatic carbocycles. The van der Waals surface area contributed by atoms with Crippen LogP contribution in [0, 0.1) is 3.57 Å². The maximum atomic E-state index is 12.9. The van der Waals surface area contributed by atoms with Gasteiger partial charge in [-0.25, -0.2) is 0 Å². The average molecular weight is 535 g/mol. The van der Waals surface area contributed by atoms with Gasteiger partial charge in [-0.05, 0) is 78.4 Å². The van der Waals surface area contributed by atoms with Crippen molar-refractivity contribution in [3.63, 3.8) is 0 Å². The largest absolute Gasteiger partial charge is 0.484 e. The quantitative estimate of drug-likeness (QED) is 0.506. The molecule has 28 heavy (non-hydrogen) atoms. The van der Waals surface area contributed by atoms with E-state index in [9.17, 15) is 9.59 Å². The number of carbonyl (C=O) groups is 2. The van der Waals surface area contributed by atoms with Crippen LogP contribution in [-0.4, -0.2) is 35.9 Å². The van der Waals surface area contributed by atoms with Gasteiger partial charge in [-0.1, -0.05) is 29.3 Å². The van der Waals surface area contributed by atoms with Crippen LogP contribution in [0.1, 0.15) is 19.4 Å². The molecule has 0 spiro atoms. The number of rotatable bonds is 8. The summed E-state index contributed by atoms with van der Waals surface area (Å²) in [7, 11) is 0. The predicted octanol–water partition coefficient (Wildman–Crippen LogP) is 4.53. The van der Waals surface area contributed by atoms with Crippen molar-refractivity contribution in [1.82, 2.24) is 10.2 Å². The fourth-order valence-corrected chi connectivity index (χ4v) is 3.32. The number of amides is 2. The van der Waals surface area contributed by atoms with E-state index in [1.54, 1.807) is 37.3 Å². The van der Waals surface area contributed by atoms with Crippen molar-refractivity contribution in [2.75, 3.05) is 13.2 Å². The van der Waals surface area contributed by atoms with Gasteiger partial charge in [0.1, 0.15) is 11.8 Å². The fraction of sp³-hybridized carbons (Fsp3) is 0.300. The van der Waals surface area contributed by atoms with Crippen molar-refractivity contribution in [2.24, 2.45) is 0 Å². The Labute approximate surface area is 188 Å².